The quantitative estimate of drug-likeness (QED) is 0.700. The zero-order valence-electron chi connectivity index (χ0n) is 11.7. The Hall–Kier alpha value is -2.21. The van der Waals surface area contributed by atoms with Gasteiger partial charge < -0.3 is 10.6 Å². The average molecular weight is 273 g/mol. The monoisotopic (exact) mass is 273 g/mol. The summed E-state index contributed by atoms with van der Waals surface area (Å²) in [5.41, 5.74) is 1.63. The lowest BCUT2D eigenvalue weighted by molar-refractivity contribution is -0.116. The van der Waals surface area contributed by atoms with Crippen molar-refractivity contribution >= 4 is 11.6 Å². The summed E-state index contributed by atoms with van der Waals surface area (Å²) >= 11 is 0. The molecule has 1 aromatic carbocycles. The zero-order valence-corrected chi connectivity index (χ0v) is 11.7. The molecule has 0 atom stereocenters. The molecule has 20 heavy (non-hydrogen) atoms. The first kappa shape index (κ1) is 14.2. The molecule has 1 aromatic heterocycles. The Morgan fingerprint density at radius 3 is 2.95 bits per heavy atom. The van der Waals surface area contributed by atoms with Crippen LogP contribution in [0.25, 0.3) is 11.4 Å². The summed E-state index contributed by atoms with van der Waals surface area (Å²) < 4.78 is 0. The molecule has 106 valence electrons. The summed E-state index contributed by atoms with van der Waals surface area (Å²) in [4.78, 5) is 16.0. The number of benzene rings is 1. The predicted molar refractivity (Wildman–Crippen MR) is 78.3 cm³/mol. The summed E-state index contributed by atoms with van der Waals surface area (Å²) in [5.74, 6) is 1.39. The summed E-state index contributed by atoms with van der Waals surface area (Å²) in [6.07, 6.45) is 0.456. The molecule has 6 nitrogen and oxygen atoms in total. The van der Waals surface area contributed by atoms with Gasteiger partial charge in [-0.15, -0.1) is 0 Å². The number of rotatable bonds is 6. The average Bonchev–Trinajstić information content (AvgIpc) is 2.86. The molecule has 0 radical (unpaired) electrons. The molecular formula is C14H19N5O. The molecule has 0 aliphatic carbocycles. The van der Waals surface area contributed by atoms with Crippen molar-refractivity contribution in [1.82, 2.24) is 20.5 Å². The number of carbonyl (C=O) groups is 1. The maximum Gasteiger partial charge on any atom is 0.225 e. The van der Waals surface area contributed by atoms with Gasteiger partial charge in [0.1, 0.15) is 5.82 Å². The molecule has 0 saturated carbocycles. The molecule has 0 unspecified atom stereocenters. The summed E-state index contributed by atoms with van der Waals surface area (Å²) in [6.45, 7) is 5.41. The first-order valence-corrected chi connectivity index (χ1v) is 6.69. The third kappa shape index (κ3) is 3.89. The van der Waals surface area contributed by atoms with Crippen molar-refractivity contribution < 1.29 is 4.79 Å². The largest absolute Gasteiger partial charge is 0.326 e. The van der Waals surface area contributed by atoms with E-state index >= 15 is 0 Å². The first-order chi connectivity index (χ1) is 9.69. The lowest BCUT2D eigenvalue weighted by Crippen LogP contribution is -2.21. The van der Waals surface area contributed by atoms with Crippen LogP contribution in [0.2, 0.25) is 0 Å². The van der Waals surface area contributed by atoms with E-state index < -0.39 is 0 Å². The van der Waals surface area contributed by atoms with Crippen LogP contribution in [0, 0.1) is 6.92 Å². The van der Waals surface area contributed by atoms with E-state index in [1.165, 1.54) is 0 Å². The number of H-pyrrole nitrogens is 1. The highest BCUT2D eigenvalue weighted by molar-refractivity contribution is 5.91. The molecular weight excluding hydrogens is 254 g/mol. The molecule has 0 aliphatic rings. The van der Waals surface area contributed by atoms with Crippen molar-refractivity contribution in [2.45, 2.75) is 20.3 Å². The number of nitrogens with zero attached hydrogens (tertiary/aromatic N) is 2. The van der Waals surface area contributed by atoms with Crippen molar-refractivity contribution in [2.24, 2.45) is 0 Å². The van der Waals surface area contributed by atoms with Gasteiger partial charge in [0, 0.05) is 24.2 Å². The van der Waals surface area contributed by atoms with Crippen molar-refractivity contribution in [1.29, 1.82) is 0 Å². The van der Waals surface area contributed by atoms with Crippen molar-refractivity contribution in [2.75, 3.05) is 18.4 Å². The number of aromatic nitrogens is 3. The fraction of sp³-hybridized carbons (Fsp3) is 0.357. The Labute approximate surface area is 118 Å². The summed E-state index contributed by atoms with van der Waals surface area (Å²) in [5, 5.41) is 12.9. The maximum absolute atomic E-state index is 11.8. The molecule has 2 rings (SSSR count). The third-order valence-corrected chi connectivity index (χ3v) is 2.78. The van der Waals surface area contributed by atoms with Gasteiger partial charge in [0.15, 0.2) is 5.82 Å². The Morgan fingerprint density at radius 1 is 1.40 bits per heavy atom. The first-order valence-electron chi connectivity index (χ1n) is 6.69. The fourth-order valence-electron chi connectivity index (χ4n) is 1.81. The van der Waals surface area contributed by atoms with E-state index in [4.69, 9.17) is 0 Å². The fourth-order valence-corrected chi connectivity index (χ4v) is 1.81. The second-order valence-corrected chi connectivity index (χ2v) is 4.48. The van der Waals surface area contributed by atoms with E-state index in [1.807, 2.05) is 38.1 Å². The van der Waals surface area contributed by atoms with Crippen LogP contribution in [0.1, 0.15) is 19.2 Å². The molecule has 0 fully saturated rings. The van der Waals surface area contributed by atoms with Gasteiger partial charge in [-0.2, -0.15) is 5.10 Å². The van der Waals surface area contributed by atoms with E-state index in [9.17, 15) is 4.79 Å². The van der Waals surface area contributed by atoms with Crippen LogP contribution >= 0.6 is 0 Å². The minimum Gasteiger partial charge on any atom is -0.326 e. The number of hydrogen-bond donors (Lipinski definition) is 3. The van der Waals surface area contributed by atoms with Crippen molar-refractivity contribution in [3.63, 3.8) is 0 Å². The van der Waals surface area contributed by atoms with Gasteiger partial charge in [-0.25, -0.2) is 4.98 Å². The molecule has 0 aliphatic heterocycles. The lowest BCUT2D eigenvalue weighted by Gasteiger charge is -2.06. The van der Waals surface area contributed by atoms with Crippen LogP contribution in [0.3, 0.4) is 0 Å². The second-order valence-electron chi connectivity index (χ2n) is 4.48. The molecule has 1 heterocycles. The van der Waals surface area contributed by atoms with Gasteiger partial charge in [-0.05, 0) is 25.6 Å². The molecule has 6 heteroatoms. The number of aromatic amines is 1. The number of hydrogen-bond acceptors (Lipinski definition) is 4. The molecule has 0 saturated heterocycles. The van der Waals surface area contributed by atoms with Gasteiger partial charge in [-0.1, -0.05) is 19.1 Å². The van der Waals surface area contributed by atoms with E-state index in [0.717, 1.165) is 23.6 Å². The Balaban J connectivity index is 2.01. The van der Waals surface area contributed by atoms with Crippen molar-refractivity contribution in [3.8, 4) is 11.4 Å². The number of anilines is 1. The highest BCUT2D eigenvalue weighted by atomic mass is 16.1. The van der Waals surface area contributed by atoms with Gasteiger partial charge in [0.2, 0.25) is 5.91 Å². The zero-order chi connectivity index (χ0) is 14.4. The van der Waals surface area contributed by atoms with Crippen LogP contribution in [0.15, 0.2) is 24.3 Å². The number of nitrogens with one attached hydrogen (secondary N) is 3. The van der Waals surface area contributed by atoms with Crippen molar-refractivity contribution in [3.05, 3.63) is 30.1 Å². The topological polar surface area (TPSA) is 82.7 Å². The van der Waals surface area contributed by atoms with E-state index in [2.05, 4.69) is 25.8 Å². The van der Waals surface area contributed by atoms with Crippen LogP contribution < -0.4 is 10.6 Å². The van der Waals surface area contributed by atoms with Crippen LogP contribution in [0.5, 0.6) is 0 Å². The minimum atomic E-state index is -0.00531. The van der Waals surface area contributed by atoms with Crippen LogP contribution in [-0.4, -0.2) is 34.2 Å². The standard InChI is InChI=1S/C14H19N5O/c1-3-15-8-7-13(20)17-12-6-4-5-11(9-12)14-16-10(2)18-19-14/h4-6,9,15H,3,7-8H2,1-2H3,(H,17,20)(H,16,18,19). The summed E-state index contributed by atoms with van der Waals surface area (Å²) in [6, 6.07) is 7.51. The van der Waals surface area contributed by atoms with E-state index in [1.54, 1.807) is 0 Å². The smallest absolute Gasteiger partial charge is 0.225 e. The van der Waals surface area contributed by atoms with E-state index in [0.29, 0.717) is 18.8 Å². The minimum absolute atomic E-state index is 0.00531. The maximum atomic E-state index is 11.8. The molecule has 0 bridgehead atoms. The van der Waals surface area contributed by atoms with Crippen LogP contribution in [-0.2, 0) is 4.79 Å². The SMILES string of the molecule is CCNCCC(=O)Nc1cccc(-c2n[nH]c(C)n2)c1. The van der Waals surface area contributed by atoms with Crippen LogP contribution in [0.4, 0.5) is 5.69 Å². The number of carbonyl (C=O) groups excluding carboxylic acids is 1. The predicted octanol–water partition coefficient (Wildman–Crippen LogP) is 1.72. The van der Waals surface area contributed by atoms with Gasteiger partial charge in [0.25, 0.3) is 0 Å². The summed E-state index contributed by atoms with van der Waals surface area (Å²) in [7, 11) is 0. The highest BCUT2D eigenvalue weighted by Gasteiger charge is 2.06. The molecule has 1 amide bonds. The van der Waals surface area contributed by atoms with Gasteiger partial charge >= 0.3 is 0 Å². The lowest BCUT2D eigenvalue weighted by atomic mass is 10.2. The normalized spacial score (nSPS) is 10.5. The molecule has 0 spiro atoms. The Morgan fingerprint density at radius 2 is 2.25 bits per heavy atom. The Bertz CT molecular complexity index is 578. The molecule has 2 aromatic rings. The van der Waals surface area contributed by atoms with E-state index in [-0.39, 0.29) is 5.91 Å². The van der Waals surface area contributed by atoms with Gasteiger partial charge in [-0.3, -0.25) is 9.89 Å². The number of aryl methyl sites for hydroxylation is 1. The highest BCUT2D eigenvalue weighted by Crippen LogP contribution is 2.19. The third-order valence-electron chi connectivity index (χ3n) is 2.78. The second kappa shape index (κ2) is 6.81. The number of amides is 1. The Kier molecular flexibility index (Phi) is 4.84. The molecule has 3 N–H and O–H groups in total. The van der Waals surface area contributed by atoms with Gasteiger partial charge in [0.05, 0.1) is 0 Å².